The van der Waals surface area contributed by atoms with Gasteiger partial charge in [0.2, 0.25) is 0 Å². The zero-order valence-electron chi connectivity index (χ0n) is 16.6. The predicted octanol–water partition coefficient (Wildman–Crippen LogP) is 1.87. The number of piperazine rings is 1. The molecule has 0 bridgehead atoms. The number of nitrogens with one attached hydrogen (secondary N) is 1. The summed E-state index contributed by atoms with van der Waals surface area (Å²) in [4.78, 5) is 20.7. The van der Waals surface area contributed by atoms with Gasteiger partial charge in [0.25, 0.3) is 5.91 Å². The van der Waals surface area contributed by atoms with Crippen LogP contribution < -0.4 is 10.1 Å². The Morgan fingerprint density at radius 3 is 2.55 bits per heavy atom. The minimum absolute atomic E-state index is 0.0627. The lowest BCUT2D eigenvalue weighted by Gasteiger charge is -2.36. The lowest BCUT2D eigenvalue weighted by atomic mass is 10.1. The van der Waals surface area contributed by atoms with E-state index in [1.165, 1.54) is 11.8 Å². The van der Waals surface area contributed by atoms with E-state index < -0.39 is 0 Å². The Bertz CT molecular complexity index is 845. The molecule has 0 spiro atoms. The van der Waals surface area contributed by atoms with Crippen LogP contribution in [0, 0.1) is 12.3 Å². The quantitative estimate of drug-likeness (QED) is 0.460. The van der Waals surface area contributed by atoms with Crippen molar-refractivity contribution in [1.29, 1.82) is 0 Å². The molecule has 0 radical (unpaired) electrons. The lowest BCUT2D eigenvalue weighted by Crippen LogP contribution is -2.53. The van der Waals surface area contributed by atoms with Gasteiger partial charge in [-0.05, 0) is 36.2 Å². The first kappa shape index (κ1) is 20.3. The third kappa shape index (κ3) is 5.55. The smallest absolute Gasteiger partial charge is 0.289 e. The fraction of sp³-hybridized carbons (Fsp3) is 0.364. The van der Waals surface area contributed by atoms with E-state index in [1.54, 1.807) is 19.2 Å². The maximum absolute atomic E-state index is 12.4. The molecular formula is C22H26N4O3. The molecule has 3 rings (SSSR count). The number of hydrogen-bond acceptors (Lipinski definition) is 4. The Hall–Kier alpha value is -3.40. The molecule has 1 saturated heterocycles. The Morgan fingerprint density at radius 2 is 1.93 bits per heavy atom. The van der Waals surface area contributed by atoms with Gasteiger partial charge in [0.05, 0.1) is 6.26 Å². The molecule has 29 heavy (non-hydrogen) atoms. The fourth-order valence-corrected chi connectivity index (χ4v) is 3.21. The average Bonchev–Trinajstić information content (AvgIpc) is 3.31. The Morgan fingerprint density at radius 1 is 1.21 bits per heavy atom. The number of hydrogen-bond donors (Lipinski definition) is 1. The highest BCUT2D eigenvalue weighted by molar-refractivity contribution is 5.91. The van der Waals surface area contributed by atoms with Gasteiger partial charge in [0, 0.05) is 39.8 Å². The number of nitrogens with zero attached hydrogens (tertiary/aromatic N) is 3. The predicted molar refractivity (Wildman–Crippen MR) is 112 cm³/mol. The normalized spacial score (nSPS) is 14.4. The Kier molecular flexibility index (Phi) is 7.17. The molecule has 1 N–H and O–H groups in total. The molecule has 7 heteroatoms. The van der Waals surface area contributed by atoms with Gasteiger partial charge in [0.1, 0.15) is 12.4 Å². The molecular weight excluding hydrogens is 368 g/mol. The average molecular weight is 394 g/mol. The highest BCUT2D eigenvalue weighted by Crippen LogP contribution is 2.12. The van der Waals surface area contributed by atoms with E-state index in [9.17, 15) is 4.79 Å². The van der Waals surface area contributed by atoms with Gasteiger partial charge < -0.3 is 24.3 Å². The van der Waals surface area contributed by atoms with Crippen LogP contribution in [0.2, 0.25) is 0 Å². The summed E-state index contributed by atoms with van der Waals surface area (Å²) in [6.07, 6.45) is 7.58. The number of carbonyl (C=O) groups excluding carboxylic acids is 1. The van der Waals surface area contributed by atoms with Crippen molar-refractivity contribution in [2.45, 2.75) is 6.42 Å². The van der Waals surface area contributed by atoms with Gasteiger partial charge >= 0.3 is 0 Å². The number of terminal acetylenes is 1. The maximum Gasteiger partial charge on any atom is 0.289 e. The zero-order chi connectivity index (χ0) is 20.5. The molecule has 2 aromatic rings. The van der Waals surface area contributed by atoms with Crippen LogP contribution in [-0.4, -0.2) is 68.0 Å². The van der Waals surface area contributed by atoms with Crippen molar-refractivity contribution >= 4 is 11.9 Å². The second kappa shape index (κ2) is 10.2. The third-order valence-corrected chi connectivity index (χ3v) is 4.75. The SMILES string of the molecule is C#CCOc1ccc(CCNC(=NC)N2CCN(C(=O)c3ccco3)CC2)cc1. The van der Waals surface area contributed by atoms with E-state index in [4.69, 9.17) is 15.6 Å². The van der Waals surface area contributed by atoms with Gasteiger partial charge in [-0.3, -0.25) is 9.79 Å². The maximum atomic E-state index is 12.4. The summed E-state index contributed by atoms with van der Waals surface area (Å²) >= 11 is 0. The van der Waals surface area contributed by atoms with Crippen molar-refractivity contribution in [1.82, 2.24) is 15.1 Å². The number of furan rings is 1. The Labute approximate surface area is 171 Å². The van der Waals surface area contributed by atoms with Crippen molar-refractivity contribution in [3.8, 4) is 18.1 Å². The first-order chi connectivity index (χ1) is 14.2. The van der Waals surface area contributed by atoms with Gasteiger partial charge in [0.15, 0.2) is 11.7 Å². The highest BCUT2D eigenvalue weighted by atomic mass is 16.5. The van der Waals surface area contributed by atoms with Crippen LogP contribution in [0.4, 0.5) is 0 Å². The molecule has 2 heterocycles. The third-order valence-electron chi connectivity index (χ3n) is 4.75. The topological polar surface area (TPSA) is 70.3 Å². The van der Waals surface area contributed by atoms with Crippen molar-refractivity contribution in [3.05, 3.63) is 54.0 Å². The standard InChI is InChI=1S/C22H26N4O3/c1-3-16-28-19-8-6-18(7-9-19)10-11-24-22(23-2)26-14-12-25(13-15-26)21(27)20-5-4-17-29-20/h1,4-9,17H,10-16H2,2H3,(H,23,24). The number of benzene rings is 1. The van der Waals surface area contributed by atoms with Crippen LogP contribution in [0.1, 0.15) is 16.1 Å². The number of aliphatic imine (C=N–C) groups is 1. The van der Waals surface area contributed by atoms with E-state index in [-0.39, 0.29) is 12.5 Å². The number of carbonyl (C=O) groups is 1. The summed E-state index contributed by atoms with van der Waals surface area (Å²) in [5.74, 6) is 4.40. The van der Waals surface area contributed by atoms with Crippen LogP contribution in [0.5, 0.6) is 5.75 Å². The summed E-state index contributed by atoms with van der Waals surface area (Å²) in [7, 11) is 1.78. The molecule has 1 aliphatic heterocycles. The lowest BCUT2D eigenvalue weighted by molar-refractivity contribution is 0.0658. The van der Waals surface area contributed by atoms with Crippen LogP contribution in [0.3, 0.4) is 0 Å². The monoisotopic (exact) mass is 394 g/mol. The highest BCUT2D eigenvalue weighted by Gasteiger charge is 2.24. The molecule has 1 aromatic carbocycles. The summed E-state index contributed by atoms with van der Waals surface area (Å²) in [5, 5.41) is 3.40. The summed E-state index contributed by atoms with van der Waals surface area (Å²) in [6.45, 7) is 3.78. The zero-order valence-corrected chi connectivity index (χ0v) is 16.6. The van der Waals surface area contributed by atoms with Gasteiger partial charge in [-0.2, -0.15) is 0 Å². The molecule has 1 aromatic heterocycles. The molecule has 1 aliphatic rings. The number of guanidine groups is 1. The van der Waals surface area contributed by atoms with E-state index >= 15 is 0 Å². The van der Waals surface area contributed by atoms with Crippen LogP contribution >= 0.6 is 0 Å². The van der Waals surface area contributed by atoms with Gasteiger partial charge in [-0.1, -0.05) is 18.1 Å². The fourth-order valence-electron chi connectivity index (χ4n) is 3.21. The first-order valence-corrected chi connectivity index (χ1v) is 9.65. The van der Waals surface area contributed by atoms with Crippen molar-refractivity contribution in [2.75, 3.05) is 46.4 Å². The number of amides is 1. The molecule has 0 atom stereocenters. The molecule has 1 fully saturated rings. The molecule has 1 amide bonds. The van der Waals surface area contributed by atoms with E-state index in [1.807, 2.05) is 29.2 Å². The van der Waals surface area contributed by atoms with E-state index in [0.717, 1.165) is 37.8 Å². The molecule has 0 saturated carbocycles. The minimum atomic E-state index is -0.0627. The molecule has 0 unspecified atom stereocenters. The number of rotatable bonds is 6. The summed E-state index contributed by atoms with van der Waals surface area (Å²) < 4.78 is 10.6. The second-order valence-electron chi connectivity index (χ2n) is 6.62. The summed E-state index contributed by atoms with van der Waals surface area (Å²) in [6, 6.07) is 11.4. The van der Waals surface area contributed by atoms with E-state index in [0.29, 0.717) is 18.8 Å². The van der Waals surface area contributed by atoms with E-state index in [2.05, 4.69) is 21.1 Å². The van der Waals surface area contributed by atoms with Crippen molar-refractivity contribution in [2.24, 2.45) is 4.99 Å². The second-order valence-corrected chi connectivity index (χ2v) is 6.62. The summed E-state index contributed by atoms with van der Waals surface area (Å²) in [5.41, 5.74) is 1.20. The first-order valence-electron chi connectivity index (χ1n) is 9.65. The van der Waals surface area contributed by atoms with Gasteiger partial charge in [-0.15, -0.1) is 6.42 Å². The van der Waals surface area contributed by atoms with Crippen molar-refractivity contribution < 1.29 is 13.9 Å². The van der Waals surface area contributed by atoms with Crippen LogP contribution in [0.15, 0.2) is 52.1 Å². The van der Waals surface area contributed by atoms with Gasteiger partial charge in [-0.25, -0.2) is 0 Å². The Balaban J connectivity index is 1.43. The largest absolute Gasteiger partial charge is 0.481 e. The van der Waals surface area contributed by atoms with Crippen molar-refractivity contribution in [3.63, 3.8) is 0 Å². The number of ether oxygens (including phenoxy) is 1. The van der Waals surface area contributed by atoms with Crippen LogP contribution in [-0.2, 0) is 6.42 Å². The molecule has 7 nitrogen and oxygen atoms in total. The van der Waals surface area contributed by atoms with Crippen LogP contribution in [0.25, 0.3) is 0 Å². The molecule has 152 valence electrons. The minimum Gasteiger partial charge on any atom is -0.481 e. The molecule has 0 aliphatic carbocycles.